The summed E-state index contributed by atoms with van der Waals surface area (Å²) in [5, 5.41) is 14.6. The molecule has 0 aliphatic heterocycles. The molecule has 0 fully saturated rings. The minimum Gasteiger partial charge on any atom is -0.309 e. The first-order valence-corrected chi connectivity index (χ1v) is 19.7. The lowest BCUT2D eigenvalue weighted by Gasteiger charge is -2.48. The Hall–Kier alpha value is -7.47. The Morgan fingerprint density at radius 2 is 0.842 bits per heavy atom. The van der Waals surface area contributed by atoms with Crippen molar-refractivity contribution in [3.63, 3.8) is 0 Å². The summed E-state index contributed by atoms with van der Waals surface area (Å²) in [6, 6.07) is 74.5. The van der Waals surface area contributed by atoms with Crippen molar-refractivity contribution in [2.24, 2.45) is 0 Å². The van der Waals surface area contributed by atoms with Crippen LogP contribution in [0.25, 0.3) is 60.5 Å². The summed E-state index contributed by atoms with van der Waals surface area (Å²) < 4.78 is 2.42. The highest BCUT2D eigenvalue weighted by Crippen LogP contribution is 2.67. The van der Waals surface area contributed by atoms with E-state index in [2.05, 4.69) is 193 Å². The van der Waals surface area contributed by atoms with Gasteiger partial charge in [0.25, 0.3) is 0 Å². The number of hydrogen-bond acceptors (Lipinski definition) is 1. The quantitative estimate of drug-likeness (QED) is 0.166. The van der Waals surface area contributed by atoms with Crippen LogP contribution < -0.4 is 0 Å². The van der Waals surface area contributed by atoms with Gasteiger partial charge in [0.05, 0.1) is 33.5 Å². The van der Waals surface area contributed by atoms with E-state index in [1.165, 1.54) is 93.8 Å². The molecule has 10 aromatic rings. The fraction of sp³-hybridized carbons (Fsp3) is 0.0364. The highest BCUT2D eigenvalue weighted by molar-refractivity contribution is 6.20. The minimum absolute atomic E-state index is 0.474. The van der Waals surface area contributed by atoms with Crippen molar-refractivity contribution in [2.45, 2.75) is 10.8 Å². The number of fused-ring (bicyclic) bond motifs is 21. The van der Waals surface area contributed by atoms with Crippen molar-refractivity contribution in [1.29, 1.82) is 5.26 Å². The van der Waals surface area contributed by atoms with Gasteiger partial charge in [0.15, 0.2) is 0 Å². The van der Waals surface area contributed by atoms with Crippen LogP contribution in [0.15, 0.2) is 194 Å². The van der Waals surface area contributed by atoms with Crippen molar-refractivity contribution < 1.29 is 0 Å². The summed E-state index contributed by atoms with van der Waals surface area (Å²) in [5.41, 5.74) is 18.8. The molecule has 2 spiro atoms. The van der Waals surface area contributed by atoms with Gasteiger partial charge in [-0.2, -0.15) is 5.26 Å². The molecule has 0 radical (unpaired) electrons. The molecule has 262 valence electrons. The lowest BCUT2D eigenvalue weighted by atomic mass is 9.52. The Bertz CT molecular complexity index is 3330. The highest BCUT2D eigenvalue weighted by atomic mass is 15.0. The maximum atomic E-state index is 9.71. The van der Waals surface area contributed by atoms with Crippen molar-refractivity contribution in [3.05, 3.63) is 244 Å². The zero-order valence-electron chi connectivity index (χ0n) is 30.9. The molecule has 57 heavy (non-hydrogen) atoms. The van der Waals surface area contributed by atoms with E-state index >= 15 is 0 Å². The Labute approximate surface area is 330 Å². The number of nitriles is 1. The minimum atomic E-state index is -0.565. The second-order valence-corrected chi connectivity index (χ2v) is 15.8. The third-order valence-corrected chi connectivity index (χ3v) is 13.5. The van der Waals surface area contributed by atoms with Crippen LogP contribution in [-0.2, 0) is 10.8 Å². The fourth-order valence-electron chi connectivity index (χ4n) is 11.5. The second-order valence-electron chi connectivity index (χ2n) is 15.8. The summed E-state index contributed by atoms with van der Waals surface area (Å²) in [7, 11) is 0. The fourth-order valence-corrected chi connectivity index (χ4v) is 11.5. The summed E-state index contributed by atoms with van der Waals surface area (Å²) in [4.78, 5) is 0. The predicted molar refractivity (Wildman–Crippen MR) is 231 cm³/mol. The zero-order valence-corrected chi connectivity index (χ0v) is 30.9. The molecular weight excluding hydrogens is 689 g/mol. The SMILES string of the molecule is N#Cc1ccc(-n2c3cc4c(cc3c3ccc5ccccc5c32)C2(c3ccccc3-4)c3ccccc3C3(c4ccccc4-c4ccccc43)c3ccccc32)cc1. The van der Waals surface area contributed by atoms with Crippen LogP contribution in [0.1, 0.15) is 50.1 Å². The summed E-state index contributed by atoms with van der Waals surface area (Å²) in [6.07, 6.45) is 0. The van der Waals surface area contributed by atoms with Gasteiger partial charge in [0.1, 0.15) is 0 Å². The van der Waals surface area contributed by atoms with Crippen LogP contribution in [0.3, 0.4) is 0 Å². The van der Waals surface area contributed by atoms with E-state index in [9.17, 15) is 5.26 Å². The van der Waals surface area contributed by atoms with Crippen molar-refractivity contribution in [3.8, 4) is 34.0 Å². The summed E-state index contributed by atoms with van der Waals surface area (Å²) in [6.45, 7) is 0. The van der Waals surface area contributed by atoms with Gasteiger partial charge in [-0.25, -0.2) is 0 Å². The molecule has 0 saturated heterocycles. The van der Waals surface area contributed by atoms with Crippen LogP contribution in [0, 0.1) is 11.3 Å². The molecule has 0 bridgehead atoms. The molecule has 9 aromatic carbocycles. The zero-order chi connectivity index (χ0) is 37.5. The van der Waals surface area contributed by atoms with E-state index < -0.39 is 10.8 Å². The lowest BCUT2D eigenvalue weighted by Crippen LogP contribution is -2.43. The number of aromatic nitrogens is 1. The Kier molecular flexibility index (Phi) is 5.86. The summed E-state index contributed by atoms with van der Waals surface area (Å²) >= 11 is 0. The van der Waals surface area contributed by atoms with E-state index in [-0.39, 0.29) is 0 Å². The average Bonchev–Trinajstić information content (AvgIpc) is 3.88. The number of nitrogens with zero attached hydrogens (tertiary/aromatic N) is 2. The van der Waals surface area contributed by atoms with Gasteiger partial charge in [-0.05, 0) is 109 Å². The third kappa shape index (κ3) is 3.57. The van der Waals surface area contributed by atoms with E-state index in [0.717, 1.165) is 11.2 Å². The number of benzene rings is 9. The first-order valence-electron chi connectivity index (χ1n) is 19.7. The molecule has 1 aromatic heterocycles. The van der Waals surface area contributed by atoms with Gasteiger partial charge < -0.3 is 4.57 Å². The molecular formula is C55H32N2. The van der Waals surface area contributed by atoms with Crippen LogP contribution in [-0.4, -0.2) is 4.57 Å². The Balaban J connectivity index is 1.21. The standard InChI is InChI=1S/C55H32N2/c56-33-34-25-28-36(29-26-34)57-52-32-42-40-17-5-8-20-46(40)55(51(42)31-43(52)41-30-27-35-13-1-2-14-37(35)53(41)57)49-23-11-9-21-47(49)54(48-22-10-12-24-50(48)55)44-18-6-3-15-38(44)39-16-4-7-19-45(39)54/h1-32H. The predicted octanol–water partition coefficient (Wildman–Crippen LogP) is 12.8. The molecule has 0 unspecified atom stereocenters. The largest absolute Gasteiger partial charge is 0.309 e. The topological polar surface area (TPSA) is 28.7 Å². The van der Waals surface area contributed by atoms with E-state index in [1.54, 1.807) is 0 Å². The average molecular weight is 721 g/mol. The molecule has 2 nitrogen and oxygen atoms in total. The van der Waals surface area contributed by atoms with Gasteiger partial charge in [0, 0.05) is 21.8 Å². The molecule has 0 atom stereocenters. The van der Waals surface area contributed by atoms with Crippen molar-refractivity contribution >= 4 is 32.6 Å². The lowest BCUT2D eigenvalue weighted by molar-refractivity contribution is 0.633. The van der Waals surface area contributed by atoms with Crippen LogP contribution in [0.2, 0.25) is 0 Å². The third-order valence-electron chi connectivity index (χ3n) is 13.5. The smallest absolute Gasteiger partial charge is 0.0991 e. The molecule has 0 saturated carbocycles. The maximum absolute atomic E-state index is 9.71. The molecule has 1 heterocycles. The summed E-state index contributed by atoms with van der Waals surface area (Å²) in [5.74, 6) is 0. The van der Waals surface area contributed by atoms with Gasteiger partial charge in [-0.3, -0.25) is 0 Å². The molecule has 2 heteroatoms. The Morgan fingerprint density at radius 1 is 0.368 bits per heavy atom. The van der Waals surface area contributed by atoms with Crippen LogP contribution in [0.4, 0.5) is 0 Å². The molecule has 3 aliphatic rings. The first-order chi connectivity index (χ1) is 28.2. The second kappa shape index (κ2) is 10.8. The van der Waals surface area contributed by atoms with Gasteiger partial charge >= 0.3 is 0 Å². The van der Waals surface area contributed by atoms with E-state index in [0.29, 0.717) is 5.56 Å². The van der Waals surface area contributed by atoms with Crippen molar-refractivity contribution in [2.75, 3.05) is 0 Å². The molecule has 3 aliphatic carbocycles. The van der Waals surface area contributed by atoms with E-state index in [4.69, 9.17) is 0 Å². The first kappa shape index (κ1) is 30.8. The van der Waals surface area contributed by atoms with Crippen LogP contribution >= 0.6 is 0 Å². The Morgan fingerprint density at radius 3 is 1.40 bits per heavy atom. The molecule has 0 N–H and O–H groups in total. The van der Waals surface area contributed by atoms with Crippen LogP contribution in [0.5, 0.6) is 0 Å². The van der Waals surface area contributed by atoms with Crippen molar-refractivity contribution in [1.82, 2.24) is 4.57 Å². The normalized spacial score (nSPS) is 14.6. The van der Waals surface area contributed by atoms with Gasteiger partial charge in [-0.15, -0.1) is 0 Å². The number of rotatable bonds is 1. The van der Waals surface area contributed by atoms with Gasteiger partial charge in [-0.1, -0.05) is 158 Å². The van der Waals surface area contributed by atoms with Gasteiger partial charge in [0.2, 0.25) is 0 Å². The highest BCUT2D eigenvalue weighted by Gasteiger charge is 2.58. The number of hydrogen-bond donors (Lipinski definition) is 0. The van der Waals surface area contributed by atoms with E-state index in [1.807, 2.05) is 12.1 Å². The molecule has 0 amide bonds. The molecule has 13 rings (SSSR count). The maximum Gasteiger partial charge on any atom is 0.0991 e. The monoisotopic (exact) mass is 720 g/mol.